The third-order valence-corrected chi connectivity index (χ3v) is 5.02. The Labute approximate surface area is 135 Å². The van der Waals surface area contributed by atoms with Crippen LogP contribution >= 0.6 is 11.6 Å². The van der Waals surface area contributed by atoms with Crippen molar-refractivity contribution in [3.63, 3.8) is 0 Å². The highest BCUT2D eigenvalue weighted by Crippen LogP contribution is 2.47. The van der Waals surface area contributed by atoms with E-state index in [0.29, 0.717) is 18.2 Å². The van der Waals surface area contributed by atoms with Crippen molar-refractivity contribution in [3.05, 3.63) is 29.0 Å². The summed E-state index contributed by atoms with van der Waals surface area (Å²) in [4.78, 5) is 12.0. The van der Waals surface area contributed by atoms with Crippen LogP contribution in [0.5, 0.6) is 0 Å². The average molecular weight is 329 g/mol. The Morgan fingerprint density at radius 1 is 1.50 bits per heavy atom. The van der Waals surface area contributed by atoms with Crippen LogP contribution in [0.25, 0.3) is 0 Å². The quantitative estimate of drug-likeness (QED) is 0.744. The van der Waals surface area contributed by atoms with Gasteiger partial charge in [0.05, 0.1) is 5.02 Å². The number of rotatable bonds is 6. The lowest BCUT2D eigenvalue weighted by atomic mass is 9.60. The van der Waals surface area contributed by atoms with Crippen molar-refractivity contribution < 1.29 is 14.3 Å². The van der Waals surface area contributed by atoms with Crippen molar-refractivity contribution in [2.75, 3.05) is 18.5 Å². The first kappa shape index (κ1) is 17.0. The van der Waals surface area contributed by atoms with Gasteiger partial charge in [0.15, 0.2) is 0 Å². The molecule has 22 heavy (non-hydrogen) atoms. The van der Waals surface area contributed by atoms with Crippen molar-refractivity contribution >= 4 is 23.3 Å². The molecule has 1 aromatic carbocycles. The van der Waals surface area contributed by atoms with E-state index in [2.05, 4.69) is 17.6 Å². The van der Waals surface area contributed by atoms with Crippen molar-refractivity contribution in [1.29, 1.82) is 0 Å². The fourth-order valence-electron chi connectivity index (χ4n) is 2.98. The van der Waals surface area contributed by atoms with E-state index in [0.717, 1.165) is 25.7 Å². The number of amides is 2. The van der Waals surface area contributed by atoms with Crippen LogP contribution in [-0.4, -0.2) is 24.3 Å². The lowest BCUT2D eigenvalue weighted by Crippen LogP contribution is -2.47. The van der Waals surface area contributed by atoms with Gasteiger partial charge < -0.3 is 15.7 Å². The van der Waals surface area contributed by atoms with Crippen LogP contribution in [0.3, 0.4) is 0 Å². The number of nitrogens with one attached hydrogen (secondary N) is 2. The summed E-state index contributed by atoms with van der Waals surface area (Å²) >= 11 is 5.68. The van der Waals surface area contributed by atoms with E-state index >= 15 is 0 Å². The molecule has 122 valence electrons. The maximum atomic E-state index is 13.1. The fraction of sp³-hybridized carbons (Fsp3) is 0.562. The molecule has 3 N–H and O–H groups in total. The van der Waals surface area contributed by atoms with Gasteiger partial charge in [-0.15, -0.1) is 0 Å². The molecule has 1 saturated carbocycles. The summed E-state index contributed by atoms with van der Waals surface area (Å²) in [6.07, 6.45) is 4.04. The fourth-order valence-corrected chi connectivity index (χ4v) is 3.16. The highest BCUT2D eigenvalue weighted by Gasteiger charge is 2.41. The predicted molar refractivity (Wildman–Crippen MR) is 85.6 cm³/mol. The Bertz CT molecular complexity index is 535. The number of aliphatic hydroxyl groups is 1. The number of benzene rings is 1. The number of hydrogen-bond donors (Lipinski definition) is 3. The highest BCUT2D eigenvalue weighted by atomic mass is 35.5. The summed E-state index contributed by atoms with van der Waals surface area (Å²) < 4.78 is 13.1. The van der Waals surface area contributed by atoms with Gasteiger partial charge in [-0.1, -0.05) is 24.9 Å². The van der Waals surface area contributed by atoms with E-state index in [4.69, 9.17) is 16.7 Å². The second-order valence-electron chi connectivity index (χ2n) is 6.07. The van der Waals surface area contributed by atoms with Gasteiger partial charge in [0.25, 0.3) is 0 Å². The van der Waals surface area contributed by atoms with Crippen LogP contribution in [0, 0.1) is 17.2 Å². The van der Waals surface area contributed by atoms with E-state index in [1.807, 2.05) is 0 Å². The molecule has 1 atom stereocenters. The van der Waals surface area contributed by atoms with Gasteiger partial charge in [0, 0.05) is 18.8 Å². The Hall–Kier alpha value is -1.33. The zero-order valence-corrected chi connectivity index (χ0v) is 13.4. The predicted octanol–water partition coefficient (Wildman–Crippen LogP) is 3.79. The molecule has 0 saturated heterocycles. The van der Waals surface area contributed by atoms with Crippen LogP contribution in [0.1, 0.15) is 32.6 Å². The van der Waals surface area contributed by atoms with E-state index in [-0.39, 0.29) is 23.1 Å². The lowest BCUT2D eigenvalue weighted by Gasteiger charge is -2.46. The second-order valence-corrected chi connectivity index (χ2v) is 6.47. The standard InChI is InChI=1S/C16H22ClFN2O2/c1-11(5-8-21)16(6-2-7-16)10-19-15(22)20-12-3-4-14(18)13(17)9-12/h3-4,9,11,21H,2,5-8,10H2,1H3,(H2,19,20,22). The summed E-state index contributed by atoms with van der Waals surface area (Å²) in [6, 6.07) is 3.73. The summed E-state index contributed by atoms with van der Waals surface area (Å²) in [5.74, 6) is -0.148. The van der Waals surface area contributed by atoms with Gasteiger partial charge in [-0.05, 0) is 48.8 Å². The second kappa shape index (κ2) is 7.29. The molecule has 4 nitrogen and oxygen atoms in total. The van der Waals surface area contributed by atoms with Crippen molar-refractivity contribution in [3.8, 4) is 0 Å². The molecule has 1 fully saturated rings. The molecular weight excluding hydrogens is 307 g/mol. The van der Waals surface area contributed by atoms with Crippen LogP contribution in [0.4, 0.5) is 14.9 Å². The van der Waals surface area contributed by atoms with Gasteiger partial charge in [-0.2, -0.15) is 0 Å². The number of urea groups is 1. The largest absolute Gasteiger partial charge is 0.396 e. The van der Waals surface area contributed by atoms with Gasteiger partial charge >= 0.3 is 6.03 Å². The zero-order valence-electron chi connectivity index (χ0n) is 12.7. The summed E-state index contributed by atoms with van der Waals surface area (Å²) in [5, 5.41) is 14.6. The molecule has 1 aliphatic carbocycles. The first-order valence-corrected chi connectivity index (χ1v) is 7.95. The van der Waals surface area contributed by atoms with Crippen LogP contribution in [0.15, 0.2) is 18.2 Å². The average Bonchev–Trinajstić information content (AvgIpc) is 2.42. The van der Waals surface area contributed by atoms with Gasteiger partial charge in [0.1, 0.15) is 5.82 Å². The molecule has 0 spiro atoms. The van der Waals surface area contributed by atoms with Crippen LogP contribution in [0.2, 0.25) is 5.02 Å². The molecular formula is C16H22ClFN2O2. The topological polar surface area (TPSA) is 61.4 Å². The number of carbonyl (C=O) groups excluding carboxylic acids is 1. The first-order valence-electron chi connectivity index (χ1n) is 7.57. The van der Waals surface area contributed by atoms with Crippen molar-refractivity contribution in [2.24, 2.45) is 11.3 Å². The molecule has 6 heteroatoms. The third kappa shape index (κ3) is 3.90. The molecule has 0 aromatic heterocycles. The molecule has 1 unspecified atom stereocenters. The minimum absolute atomic E-state index is 0.0233. The summed E-state index contributed by atoms with van der Waals surface area (Å²) in [5.41, 5.74) is 0.538. The summed E-state index contributed by atoms with van der Waals surface area (Å²) in [6.45, 7) is 2.87. The molecule has 1 aliphatic rings. The zero-order chi connectivity index (χ0) is 16.2. The number of anilines is 1. The molecule has 1 aromatic rings. The molecule has 0 heterocycles. The highest BCUT2D eigenvalue weighted by molar-refractivity contribution is 6.31. The van der Waals surface area contributed by atoms with E-state index < -0.39 is 5.82 Å². The smallest absolute Gasteiger partial charge is 0.319 e. The van der Waals surface area contributed by atoms with Crippen molar-refractivity contribution in [1.82, 2.24) is 5.32 Å². The van der Waals surface area contributed by atoms with Crippen LogP contribution < -0.4 is 10.6 Å². The van der Waals surface area contributed by atoms with Gasteiger partial charge in [-0.25, -0.2) is 9.18 Å². The van der Waals surface area contributed by atoms with E-state index in [9.17, 15) is 9.18 Å². The Morgan fingerprint density at radius 3 is 2.77 bits per heavy atom. The number of aliphatic hydroxyl groups excluding tert-OH is 1. The van der Waals surface area contributed by atoms with E-state index in [1.165, 1.54) is 18.2 Å². The lowest BCUT2D eigenvalue weighted by molar-refractivity contribution is 0.0462. The van der Waals surface area contributed by atoms with Crippen LogP contribution in [-0.2, 0) is 0 Å². The molecule has 0 radical (unpaired) electrons. The molecule has 2 rings (SSSR count). The van der Waals surface area contributed by atoms with Crippen molar-refractivity contribution in [2.45, 2.75) is 32.6 Å². The molecule has 0 aliphatic heterocycles. The number of carbonyl (C=O) groups is 1. The summed E-state index contributed by atoms with van der Waals surface area (Å²) in [7, 11) is 0. The maximum Gasteiger partial charge on any atom is 0.319 e. The number of hydrogen-bond acceptors (Lipinski definition) is 2. The minimum Gasteiger partial charge on any atom is -0.396 e. The monoisotopic (exact) mass is 328 g/mol. The Morgan fingerprint density at radius 2 is 2.23 bits per heavy atom. The maximum absolute atomic E-state index is 13.1. The number of halogens is 2. The Kier molecular flexibility index (Phi) is 5.64. The van der Waals surface area contributed by atoms with Gasteiger partial charge in [-0.3, -0.25) is 0 Å². The molecule has 0 bridgehead atoms. The minimum atomic E-state index is -0.515. The SMILES string of the molecule is CC(CCO)C1(CNC(=O)Nc2ccc(F)c(Cl)c2)CCC1. The third-order valence-electron chi connectivity index (χ3n) is 4.74. The van der Waals surface area contributed by atoms with E-state index in [1.54, 1.807) is 0 Å². The Balaban J connectivity index is 1.87. The van der Waals surface area contributed by atoms with Gasteiger partial charge in [0.2, 0.25) is 0 Å². The molecule has 2 amide bonds. The normalized spacial score (nSPS) is 17.5. The first-order chi connectivity index (χ1) is 10.5.